The summed E-state index contributed by atoms with van der Waals surface area (Å²) in [7, 11) is 0. The molecule has 0 saturated carbocycles. The van der Waals surface area contributed by atoms with Gasteiger partial charge >= 0.3 is 0 Å². The average molecular weight is 137 g/mol. The Morgan fingerprint density at radius 2 is 2.33 bits per heavy atom. The van der Waals surface area contributed by atoms with Gasteiger partial charge in [-0.1, -0.05) is 0 Å². The summed E-state index contributed by atoms with van der Waals surface area (Å²) in [6.45, 7) is 1.05. The molecule has 0 radical (unpaired) electrons. The summed E-state index contributed by atoms with van der Waals surface area (Å²) in [5.41, 5.74) is 0. The van der Waals surface area contributed by atoms with E-state index in [4.69, 9.17) is 5.11 Å². The van der Waals surface area contributed by atoms with Gasteiger partial charge in [-0.15, -0.1) is 0 Å². The van der Waals surface area contributed by atoms with Crippen LogP contribution in [0.25, 0.3) is 0 Å². The fourth-order valence-electron chi connectivity index (χ4n) is 0.898. The first-order chi connectivity index (χ1) is 4.04. The van der Waals surface area contributed by atoms with Crippen molar-refractivity contribution in [2.75, 3.05) is 6.54 Å². The van der Waals surface area contributed by atoms with Crippen LogP contribution in [0.4, 0.5) is 8.78 Å². The van der Waals surface area contributed by atoms with Gasteiger partial charge in [0, 0.05) is 0 Å². The van der Waals surface area contributed by atoms with Gasteiger partial charge in [-0.2, -0.15) is 0 Å². The predicted molar refractivity (Wildman–Crippen MR) is 28.4 cm³/mol. The molecule has 0 unspecified atom stereocenters. The standard InChI is InChI=1S/C5H9F2NO/c1-3(9)4-5(6,7)2-8-4/h3-4,8-9H,2H2,1H3/t3-,4-/m1/s1. The van der Waals surface area contributed by atoms with Gasteiger partial charge < -0.3 is 10.4 Å². The Morgan fingerprint density at radius 1 is 1.78 bits per heavy atom. The van der Waals surface area contributed by atoms with Crippen molar-refractivity contribution < 1.29 is 13.9 Å². The van der Waals surface area contributed by atoms with Crippen molar-refractivity contribution in [2.45, 2.75) is 25.0 Å². The molecule has 0 aromatic heterocycles. The molecule has 9 heavy (non-hydrogen) atoms. The van der Waals surface area contributed by atoms with Crippen molar-refractivity contribution in [1.82, 2.24) is 5.32 Å². The van der Waals surface area contributed by atoms with Gasteiger partial charge in [0.15, 0.2) is 0 Å². The Kier molecular flexibility index (Phi) is 1.44. The van der Waals surface area contributed by atoms with E-state index in [0.29, 0.717) is 0 Å². The van der Waals surface area contributed by atoms with Crippen LogP contribution < -0.4 is 5.32 Å². The summed E-state index contributed by atoms with van der Waals surface area (Å²) in [4.78, 5) is 0. The molecule has 0 bridgehead atoms. The number of hydrogen-bond donors (Lipinski definition) is 2. The minimum Gasteiger partial charge on any atom is -0.392 e. The third-order valence-corrected chi connectivity index (χ3v) is 1.50. The van der Waals surface area contributed by atoms with Crippen molar-refractivity contribution in [3.63, 3.8) is 0 Å². The van der Waals surface area contributed by atoms with Gasteiger partial charge in [-0.25, -0.2) is 8.78 Å². The van der Waals surface area contributed by atoms with Crippen LogP contribution in [0.2, 0.25) is 0 Å². The predicted octanol–water partition coefficient (Wildman–Crippen LogP) is -0.0257. The highest BCUT2D eigenvalue weighted by atomic mass is 19.3. The van der Waals surface area contributed by atoms with Crippen molar-refractivity contribution in [1.29, 1.82) is 0 Å². The molecular formula is C5H9F2NO. The summed E-state index contributed by atoms with van der Waals surface area (Å²) in [5, 5.41) is 11.1. The minimum atomic E-state index is -2.70. The van der Waals surface area contributed by atoms with Crippen LogP contribution in [-0.2, 0) is 0 Å². The van der Waals surface area contributed by atoms with Gasteiger partial charge in [-0.05, 0) is 6.92 Å². The van der Waals surface area contributed by atoms with Crippen LogP contribution in [0, 0.1) is 0 Å². The zero-order valence-electron chi connectivity index (χ0n) is 5.06. The van der Waals surface area contributed by atoms with E-state index in [1.54, 1.807) is 0 Å². The zero-order valence-corrected chi connectivity index (χ0v) is 5.06. The summed E-state index contributed by atoms with van der Waals surface area (Å²) in [6, 6.07) is -1.03. The van der Waals surface area contributed by atoms with E-state index in [2.05, 4.69) is 5.32 Å². The topological polar surface area (TPSA) is 32.3 Å². The van der Waals surface area contributed by atoms with Gasteiger partial charge in [0.1, 0.15) is 0 Å². The molecule has 0 aromatic carbocycles. The van der Waals surface area contributed by atoms with E-state index < -0.39 is 18.1 Å². The molecule has 2 N–H and O–H groups in total. The molecule has 0 spiro atoms. The lowest BCUT2D eigenvalue weighted by atomic mass is 9.97. The first kappa shape index (κ1) is 6.89. The fraction of sp³-hybridized carbons (Fsp3) is 1.00. The van der Waals surface area contributed by atoms with Gasteiger partial charge in [-0.3, -0.25) is 0 Å². The third kappa shape index (κ3) is 1.04. The number of halogens is 2. The molecule has 2 atom stereocenters. The summed E-state index contributed by atoms with van der Waals surface area (Å²) >= 11 is 0. The molecule has 0 aliphatic carbocycles. The van der Waals surface area contributed by atoms with Gasteiger partial charge in [0.05, 0.1) is 18.7 Å². The molecule has 54 valence electrons. The van der Waals surface area contributed by atoms with Crippen LogP contribution >= 0.6 is 0 Å². The Balaban J connectivity index is 2.45. The zero-order chi connectivity index (χ0) is 7.07. The van der Waals surface area contributed by atoms with Crippen molar-refractivity contribution >= 4 is 0 Å². The van der Waals surface area contributed by atoms with Crippen LogP contribution in [0.1, 0.15) is 6.92 Å². The molecule has 2 nitrogen and oxygen atoms in total. The number of alkyl halides is 2. The normalized spacial score (nSPS) is 35.3. The second-order valence-corrected chi connectivity index (χ2v) is 2.36. The van der Waals surface area contributed by atoms with E-state index >= 15 is 0 Å². The van der Waals surface area contributed by atoms with E-state index in [9.17, 15) is 8.78 Å². The quantitative estimate of drug-likeness (QED) is 0.532. The summed E-state index contributed by atoms with van der Waals surface area (Å²) in [6.07, 6.45) is -0.964. The molecule has 0 amide bonds. The largest absolute Gasteiger partial charge is 0.392 e. The first-order valence-corrected chi connectivity index (χ1v) is 2.83. The van der Waals surface area contributed by atoms with Crippen LogP contribution in [0.15, 0.2) is 0 Å². The molecule has 1 fully saturated rings. The van der Waals surface area contributed by atoms with E-state index in [0.717, 1.165) is 0 Å². The third-order valence-electron chi connectivity index (χ3n) is 1.50. The highest BCUT2D eigenvalue weighted by Gasteiger charge is 2.50. The lowest BCUT2D eigenvalue weighted by molar-refractivity contribution is -0.129. The lowest BCUT2D eigenvalue weighted by Gasteiger charge is -2.39. The first-order valence-electron chi connectivity index (χ1n) is 2.83. The maximum absolute atomic E-state index is 12.2. The number of aliphatic hydroxyl groups excluding tert-OH is 1. The lowest BCUT2D eigenvalue weighted by Crippen LogP contribution is -2.67. The molecule has 1 rings (SSSR count). The highest BCUT2D eigenvalue weighted by Crippen LogP contribution is 2.27. The Hall–Kier alpha value is -0.220. The minimum absolute atomic E-state index is 0.303. The molecule has 0 aromatic rings. The van der Waals surface area contributed by atoms with E-state index in [1.807, 2.05) is 0 Å². The number of nitrogens with one attached hydrogen (secondary N) is 1. The van der Waals surface area contributed by atoms with Crippen molar-refractivity contribution in [2.24, 2.45) is 0 Å². The molecule has 1 aliphatic heterocycles. The Labute approximate surface area is 51.9 Å². The highest BCUT2D eigenvalue weighted by molar-refractivity contribution is 4.98. The van der Waals surface area contributed by atoms with Crippen LogP contribution in [0.3, 0.4) is 0 Å². The van der Waals surface area contributed by atoms with Gasteiger partial charge in [0.25, 0.3) is 5.92 Å². The molecular weight excluding hydrogens is 128 g/mol. The van der Waals surface area contributed by atoms with Crippen molar-refractivity contribution in [3.05, 3.63) is 0 Å². The smallest absolute Gasteiger partial charge is 0.277 e. The Bertz CT molecular complexity index is 116. The molecule has 1 saturated heterocycles. The van der Waals surface area contributed by atoms with E-state index in [-0.39, 0.29) is 6.54 Å². The fourth-order valence-corrected chi connectivity index (χ4v) is 0.898. The van der Waals surface area contributed by atoms with E-state index in [1.165, 1.54) is 6.92 Å². The maximum Gasteiger partial charge on any atom is 0.277 e. The maximum atomic E-state index is 12.2. The second kappa shape index (κ2) is 1.88. The summed E-state index contributed by atoms with van der Waals surface area (Å²) in [5.74, 6) is -2.70. The Morgan fingerprint density at radius 3 is 2.33 bits per heavy atom. The van der Waals surface area contributed by atoms with Gasteiger partial charge in [0.2, 0.25) is 0 Å². The SMILES string of the molecule is C[C@@H](O)[C@H]1NCC1(F)F. The monoisotopic (exact) mass is 137 g/mol. The van der Waals surface area contributed by atoms with Crippen LogP contribution in [0.5, 0.6) is 0 Å². The number of rotatable bonds is 1. The van der Waals surface area contributed by atoms with Crippen LogP contribution in [-0.4, -0.2) is 29.7 Å². The van der Waals surface area contributed by atoms with Crippen molar-refractivity contribution in [3.8, 4) is 0 Å². The molecule has 1 aliphatic rings. The number of hydrogen-bond acceptors (Lipinski definition) is 2. The number of aliphatic hydroxyl groups is 1. The second-order valence-electron chi connectivity index (χ2n) is 2.36. The summed E-state index contributed by atoms with van der Waals surface area (Å²) < 4.78 is 24.5. The average Bonchev–Trinajstić information content (AvgIpc) is 1.62. The molecule has 1 heterocycles. The molecule has 4 heteroatoms.